The van der Waals surface area contributed by atoms with Crippen LogP contribution in [0, 0.1) is 12.7 Å². The summed E-state index contributed by atoms with van der Waals surface area (Å²) < 4.78 is 19.9. The zero-order valence-corrected chi connectivity index (χ0v) is 20.8. The number of aromatic nitrogens is 3. The average Bonchev–Trinajstić information content (AvgIpc) is 3.55. The second-order valence-electron chi connectivity index (χ2n) is 8.22. The van der Waals surface area contributed by atoms with Crippen molar-refractivity contribution in [1.29, 1.82) is 0 Å². The standard InChI is InChI=1S/C25H21ClFN5O3S/c1-14-22(23(31-35-14)17-4-2-3-5-19(17)26)25(34)29-24-18-12-36-13-20(18)30-32(24)11-21(33)28-10-15-6-8-16(27)9-7-15/h2-9H,10-13H2,1H3,(H,28,33)(H,29,34). The van der Waals surface area contributed by atoms with Crippen molar-refractivity contribution in [3.63, 3.8) is 0 Å². The second-order valence-corrected chi connectivity index (χ2v) is 9.62. The van der Waals surface area contributed by atoms with Gasteiger partial charge in [-0.2, -0.15) is 16.9 Å². The summed E-state index contributed by atoms with van der Waals surface area (Å²) in [6.45, 7) is 1.82. The summed E-state index contributed by atoms with van der Waals surface area (Å²) in [5.41, 5.74) is 3.66. The molecule has 0 saturated heterocycles. The molecular formula is C25H21ClFN5O3S. The van der Waals surface area contributed by atoms with Crippen LogP contribution in [0.25, 0.3) is 11.3 Å². The molecule has 2 aromatic carbocycles. The molecular weight excluding hydrogens is 505 g/mol. The lowest BCUT2D eigenvalue weighted by atomic mass is 10.1. The molecule has 0 saturated carbocycles. The number of carbonyl (C=O) groups excluding carboxylic acids is 2. The van der Waals surface area contributed by atoms with E-state index in [9.17, 15) is 14.0 Å². The lowest BCUT2D eigenvalue weighted by molar-refractivity contribution is -0.122. The molecule has 0 unspecified atom stereocenters. The van der Waals surface area contributed by atoms with Crippen molar-refractivity contribution >= 4 is 41.0 Å². The van der Waals surface area contributed by atoms with Crippen molar-refractivity contribution < 1.29 is 18.5 Å². The molecule has 0 spiro atoms. The van der Waals surface area contributed by atoms with Gasteiger partial charge in [-0.25, -0.2) is 9.07 Å². The number of hydrogen-bond acceptors (Lipinski definition) is 6. The third kappa shape index (κ3) is 4.87. The molecule has 1 aliphatic rings. The van der Waals surface area contributed by atoms with Gasteiger partial charge in [0.1, 0.15) is 35.2 Å². The Morgan fingerprint density at radius 3 is 2.72 bits per heavy atom. The maximum absolute atomic E-state index is 13.4. The largest absolute Gasteiger partial charge is 0.360 e. The molecule has 2 amide bonds. The topological polar surface area (TPSA) is 102 Å². The Hall–Kier alpha value is -3.63. The number of amides is 2. The van der Waals surface area contributed by atoms with Crippen molar-refractivity contribution in [3.05, 3.63) is 87.5 Å². The van der Waals surface area contributed by atoms with Crippen LogP contribution < -0.4 is 10.6 Å². The summed E-state index contributed by atoms with van der Waals surface area (Å²) in [5.74, 6) is 1.11. The molecule has 0 bridgehead atoms. The van der Waals surface area contributed by atoms with Gasteiger partial charge in [0, 0.05) is 29.2 Å². The molecule has 0 fully saturated rings. The first-order chi connectivity index (χ1) is 17.4. The molecule has 0 aliphatic carbocycles. The Kier molecular flexibility index (Phi) is 6.80. The molecule has 184 valence electrons. The zero-order valence-electron chi connectivity index (χ0n) is 19.2. The summed E-state index contributed by atoms with van der Waals surface area (Å²) in [7, 11) is 0. The van der Waals surface area contributed by atoms with Gasteiger partial charge in [-0.05, 0) is 30.7 Å². The number of nitrogens with zero attached hydrogens (tertiary/aromatic N) is 3. The van der Waals surface area contributed by atoms with Crippen LogP contribution >= 0.6 is 23.4 Å². The predicted molar refractivity (Wildman–Crippen MR) is 135 cm³/mol. The van der Waals surface area contributed by atoms with Crippen LogP contribution in [0.2, 0.25) is 5.02 Å². The fourth-order valence-corrected chi connectivity index (χ4v) is 5.22. The van der Waals surface area contributed by atoms with Crippen LogP contribution in [0.1, 0.15) is 32.9 Å². The fourth-order valence-electron chi connectivity index (χ4n) is 3.96. The van der Waals surface area contributed by atoms with Crippen LogP contribution in [0.15, 0.2) is 53.1 Å². The lowest BCUT2D eigenvalue weighted by Crippen LogP contribution is -2.29. The van der Waals surface area contributed by atoms with Gasteiger partial charge in [-0.1, -0.05) is 47.1 Å². The van der Waals surface area contributed by atoms with Crippen LogP contribution in [0.3, 0.4) is 0 Å². The van der Waals surface area contributed by atoms with Crippen molar-refractivity contribution in [2.75, 3.05) is 5.32 Å². The van der Waals surface area contributed by atoms with E-state index < -0.39 is 5.91 Å². The highest BCUT2D eigenvalue weighted by Crippen LogP contribution is 2.36. The van der Waals surface area contributed by atoms with Crippen molar-refractivity contribution in [2.24, 2.45) is 0 Å². The summed E-state index contributed by atoms with van der Waals surface area (Å²) in [6, 6.07) is 13.0. The molecule has 8 nitrogen and oxygen atoms in total. The van der Waals surface area contributed by atoms with E-state index in [1.807, 2.05) is 0 Å². The number of thioether (sulfide) groups is 1. The molecule has 5 rings (SSSR count). The summed E-state index contributed by atoms with van der Waals surface area (Å²) in [4.78, 5) is 26.1. The first-order valence-corrected chi connectivity index (χ1v) is 12.6. The van der Waals surface area contributed by atoms with Crippen molar-refractivity contribution in [2.45, 2.75) is 31.5 Å². The first-order valence-electron chi connectivity index (χ1n) is 11.1. The highest BCUT2D eigenvalue weighted by atomic mass is 35.5. The Balaban J connectivity index is 1.37. The van der Waals surface area contributed by atoms with Gasteiger partial charge < -0.3 is 15.2 Å². The summed E-state index contributed by atoms with van der Waals surface area (Å²) in [5, 5.41) is 14.8. The number of aryl methyl sites for hydroxylation is 1. The smallest absolute Gasteiger partial charge is 0.262 e. The molecule has 3 heterocycles. The number of hydrogen-bond donors (Lipinski definition) is 2. The van der Waals surface area contributed by atoms with E-state index in [1.54, 1.807) is 55.1 Å². The fraction of sp³-hybridized carbons (Fsp3) is 0.200. The van der Waals surface area contributed by atoms with Gasteiger partial charge in [-0.15, -0.1) is 0 Å². The average molecular weight is 526 g/mol. The Labute approximate surface area is 215 Å². The third-order valence-corrected chi connectivity index (χ3v) is 7.07. The van der Waals surface area contributed by atoms with E-state index in [0.717, 1.165) is 16.8 Å². The zero-order chi connectivity index (χ0) is 25.2. The van der Waals surface area contributed by atoms with E-state index >= 15 is 0 Å². The number of benzene rings is 2. The lowest BCUT2D eigenvalue weighted by Gasteiger charge is -2.12. The molecule has 4 aromatic rings. The minimum atomic E-state index is -0.434. The van der Waals surface area contributed by atoms with E-state index in [-0.39, 0.29) is 30.4 Å². The van der Waals surface area contributed by atoms with Crippen LogP contribution in [0.4, 0.5) is 10.2 Å². The van der Waals surface area contributed by atoms with Crippen molar-refractivity contribution in [3.8, 4) is 11.3 Å². The molecule has 2 aromatic heterocycles. The number of halogens is 2. The van der Waals surface area contributed by atoms with Crippen molar-refractivity contribution in [1.82, 2.24) is 20.3 Å². The first kappa shape index (κ1) is 24.1. The van der Waals surface area contributed by atoms with E-state index in [2.05, 4.69) is 20.9 Å². The third-order valence-electron chi connectivity index (χ3n) is 5.77. The maximum Gasteiger partial charge on any atom is 0.262 e. The van der Waals surface area contributed by atoms with E-state index in [4.69, 9.17) is 16.1 Å². The molecule has 11 heteroatoms. The predicted octanol–water partition coefficient (Wildman–Crippen LogP) is 4.95. The number of rotatable bonds is 7. The molecule has 0 atom stereocenters. The van der Waals surface area contributed by atoms with E-state index in [0.29, 0.717) is 39.4 Å². The SMILES string of the molecule is Cc1onc(-c2ccccc2Cl)c1C(=O)Nc1c2c(nn1CC(=O)NCc1ccc(F)cc1)CSC2. The quantitative estimate of drug-likeness (QED) is 0.354. The Morgan fingerprint density at radius 1 is 1.17 bits per heavy atom. The molecule has 0 radical (unpaired) electrons. The minimum Gasteiger partial charge on any atom is -0.360 e. The summed E-state index contributed by atoms with van der Waals surface area (Å²) >= 11 is 8.02. The Morgan fingerprint density at radius 2 is 1.94 bits per heavy atom. The highest BCUT2D eigenvalue weighted by Gasteiger charge is 2.28. The van der Waals surface area contributed by atoms with Gasteiger partial charge in [0.25, 0.3) is 5.91 Å². The van der Waals surface area contributed by atoms with Crippen LogP contribution in [-0.4, -0.2) is 26.8 Å². The molecule has 1 aliphatic heterocycles. The van der Waals surface area contributed by atoms with Gasteiger partial charge in [-0.3, -0.25) is 9.59 Å². The van der Waals surface area contributed by atoms with Gasteiger partial charge >= 0.3 is 0 Å². The number of carbonyl (C=O) groups is 2. The minimum absolute atomic E-state index is 0.0888. The number of anilines is 1. The normalized spacial score (nSPS) is 12.4. The monoisotopic (exact) mass is 525 g/mol. The van der Waals surface area contributed by atoms with Gasteiger partial charge in [0.15, 0.2) is 0 Å². The van der Waals surface area contributed by atoms with E-state index in [1.165, 1.54) is 16.8 Å². The van der Waals surface area contributed by atoms with Gasteiger partial charge in [0.2, 0.25) is 5.91 Å². The molecule has 2 N–H and O–H groups in total. The second kappa shape index (κ2) is 10.2. The van der Waals surface area contributed by atoms with Gasteiger partial charge in [0.05, 0.1) is 10.7 Å². The highest BCUT2D eigenvalue weighted by molar-refractivity contribution is 7.98. The maximum atomic E-state index is 13.4. The van der Waals surface area contributed by atoms with Crippen LogP contribution in [-0.2, 0) is 29.4 Å². The Bertz CT molecular complexity index is 1450. The van der Waals surface area contributed by atoms with Crippen LogP contribution in [0.5, 0.6) is 0 Å². The number of fused-ring (bicyclic) bond motifs is 1. The summed E-state index contributed by atoms with van der Waals surface area (Å²) in [6.07, 6.45) is 0. The number of nitrogens with one attached hydrogen (secondary N) is 2. The molecule has 36 heavy (non-hydrogen) atoms.